The summed E-state index contributed by atoms with van der Waals surface area (Å²) in [4.78, 5) is 34.6. The number of hydrogen-bond acceptors (Lipinski definition) is 10. The first-order valence-electron chi connectivity index (χ1n) is 16.7. The number of nitriles is 1. The number of rotatable bonds is 9. The van der Waals surface area contributed by atoms with E-state index in [9.17, 15) is 10.1 Å². The Balaban J connectivity index is 1.13. The molecule has 0 spiro atoms. The Hall–Kier alpha value is -4.21. The van der Waals surface area contributed by atoms with Gasteiger partial charge in [0.2, 0.25) is 5.95 Å². The van der Waals surface area contributed by atoms with Crippen LogP contribution in [-0.2, 0) is 0 Å². The molecule has 12 nitrogen and oxygen atoms in total. The van der Waals surface area contributed by atoms with Gasteiger partial charge in [-0.15, -0.1) is 0 Å². The number of piperidine rings is 2. The number of nitrogens with one attached hydrogen (secondary N) is 2. The average molecular weight is 627 g/mol. The van der Waals surface area contributed by atoms with E-state index in [1.807, 2.05) is 16.7 Å². The van der Waals surface area contributed by atoms with Crippen LogP contribution in [0.5, 0.6) is 5.75 Å². The lowest BCUT2D eigenvalue weighted by molar-refractivity contribution is 0.0776. The normalized spacial score (nSPS) is 19.4. The van der Waals surface area contributed by atoms with Crippen LogP contribution >= 0.6 is 0 Å². The highest BCUT2D eigenvalue weighted by Crippen LogP contribution is 2.42. The van der Waals surface area contributed by atoms with Crippen LogP contribution in [0.25, 0.3) is 5.69 Å². The number of aromatic nitrogens is 4. The van der Waals surface area contributed by atoms with Crippen molar-refractivity contribution in [2.24, 2.45) is 0 Å². The number of imidazole rings is 1. The Morgan fingerprint density at radius 2 is 1.87 bits per heavy atom. The molecule has 2 saturated heterocycles. The molecule has 0 aliphatic carbocycles. The molecular weight excluding hydrogens is 580 g/mol. The Kier molecular flexibility index (Phi) is 9.42. The third kappa shape index (κ3) is 6.13. The Morgan fingerprint density at radius 3 is 2.52 bits per heavy atom. The Morgan fingerprint density at radius 1 is 1.11 bits per heavy atom. The summed E-state index contributed by atoms with van der Waals surface area (Å²) < 4.78 is 7.63. The number of carbonyl (C=O) groups excluding carboxylic acids is 1. The van der Waals surface area contributed by atoms with Crippen LogP contribution < -0.4 is 20.3 Å². The van der Waals surface area contributed by atoms with Crippen LogP contribution in [0.2, 0.25) is 0 Å². The number of amides is 1. The lowest BCUT2D eigenvalue weighted by Crippen LogP contribution is -2.51. The summed E-state index contributed by atoms with van der Waals surface area (Å²) in [5, 5.41) is 16.3. The van der Waals surface area contributed by atoms with Crippen LogP contribution in [0.4, 0.5) is 17.5 Å². The fourth-order valence-corrected chi connectivity index (χ4v) is 7.35. The van der Waals surface area contributed by atoms with Gasteiger partial charge in [-0.1, -0.05) is 13.8 Å². The van der Waals surface area contributed by atoms with E-state index in [2.05, 4.69) is 69.1 Å². The minimum atomic E-state index is -0.0874. The quantitative estimate of drug-likeness (QED) is 0.347. The fraction of sp³-hybridized carbons (Fsp3) is 0.559. The van der Waals surface area contributed by atoms with Gasteiger partial charge in [-0.3, -0.25) is 9.36 Å². The van der Waals surface area contributed by atoms with Gasteiger partial charge in [0.25, 0.3) is 5.91 Å². The molecule has 0 unspecified atom stereocenters. The first-order valence-corrected chi connectivity index (χ1v) is 16.7. The molecule has 3 aliphatic rings. The molecule has 46 heavy (non-hydrogen) atoms. The van der Waals surface area contributed by atoms with Crippen molar-refractivity contribution < 1.29 is 9.53 Å². The van der Waals surface area contributed by atoms with Crippen molar-refractivity contribution in [1.82, 2.24) is 34.6 Å². The molecule has 3 aliphatic heterocycles. The predicted molar refractivity (Wildman–Crippen MR) is 178 cm³/mol. The third-order valence-corrected chi connectivity index (χ3v) is 9.85. The minimum Gasteiger partial charge on any atom is -0.495 e. The molecule has 1 aromatic carbocycles. The molecule has 12 heteroatoms. The third-order valence-electron chi connectivity index (χ3n) is 9.85. The molecule has 0 saturated carbocycles. The van der Waals surface area contributed by atoms with Gasteiger partial charge in [-0.25, -0.2) is 9.97 Å². The fourth-order valence-electron chi connectivity index (χ4n) is 7.35. The van der Waals surface area contributed by atoms with Gasteiger partial charge < -0.3 is 30.1 Å². The van der Waals surface area contributed by atoms with Crippen molar-refractivity contribution >= 4 is 23.4 Å². The van der Waals surface area contributed by atoms with Gasteiger partial charge in [0.1, 0.15) is 23.8 Å². The highest BCUT2D eigenvalue weighted by atomic mass is 16.5. The minimum absolute atomic E-state index is 0.0500. The summed E-state index contributed by atoms with van der Waals surface area (Å²) in [7, 11) is 1.59. The maximum absolute atomic E-state index is 13.3. The monoisotopic (exact) mass is 626 g/mol. The summed E-state index contributed by atoms with van der Waals surface area (Å²) in [6.07, 6.45) is 8.65. The number of benzene rings is 1. The topological polar surface area (TPSA) is 127 Å². The number of ether oxygens (including phenoxy) is 1. The van der Waals surface area contributed by atoms with Crippen molar-refractivity contribution in [2.45, 2.75) is 84.0 Å². The van der Waals surface area contributed by atoms with E-state index < -0.39 is 0 Å². The summed E-state index contributed by atoms with van der Waals surface area (Å²) in [5.41, 5.74) is 3.29. The maximum atomic E-state index is 13.3. The van der Waals surface area contributed by atoms with E-state index in [0.717, 1.165) is 56.1 Å². The van der Waals surface area contributed by atoms with Crippen LogP contribution in [0.1, 0.15) is 87.6 Å². The number of likely N-dealkylation sites (tertiary alicyclic amines) is 2. The zero-order valence-corrected chi connectivity index (χ0v) is 27.7. The van der Waals surface area contributed by atoms with Gasteiger partial charge in [-0.05, 0) is 83.8 Å². The lowest BCUT2D eigenvalue weighted by atomic mass is 9.97. The molecule has 3 aromatic rings. The molecule has 6 rings (SSSR count). The van der Waals surface area contributed by atoms with Crippen molar-refractivity contribution in [2.75, 3.05) is 50.1 Å². The number of anilines is 3. The van der Waals surface area contributed by atoms with Crippen LogP contribution in [-0.4, -0.2) is 93.2 Å². The molecular formula is C34H46N10O2. The zero-order chi connectivity index (χ0) is 32.4. The standard InChI is InChI=1S/C34H46N10O2/c1-6-28-31-27(19-35)37-21-43(31)29-20-36-34(40-32(29)44(28)22(3)4)39-26-9-8-23(18-30(26)46-5)33(45)38-24-10-16-42(17-11-24)25-12-14-41(7-2)15-13-25/h8-9,18,20-22,24-25,28H,6-7,10-17H2,1-5H3,(H,38,45)(H,36,39,40)/t28-/m1/s1. The van der Waals surface area contributed by atoms with Crippen molar-refractivity contribution in [3.63, 3.8) is 0 Å². The van der Waals surface area contributed by atoms with Crippen LogP contribution in [0.15, 0.2) is 30.7 Å². The maximum Gasteiger partial charge on any atom is 0.251 e. The van der Waals surface area contributed by atoms with Crippen LogP contribution in [0.3, 0.4) is 0 Å². The number of fused-ring (bicyclic) bond motifs is 3. The summed E-state index contributed by atoms with van der Waals surface area (Å²) >= 11 is 0. The number of nitrogens with zero attached hydrogens (tertiary/aromatic N) is 8. The van der Waals surface area contributed by atoms with E-state index in [0.29, 0.717) is 34.7 Å². The van der Waals surface area contributed by atoms with E-state index in [1.54, 1.807) is 25.7 Å². The Bertz CT molecular complexity index is 1580. The molecule has 1 atom stereocenters. The SMILES string of the molecule is CC[C@@H]1c2c(C#N)ncn2-c2cnc(Nc3ccc(C(=O)NC4CCN(C5CCN(CC)CC5)CC4)cc3OC)nc2N1C(C)C. The number of carbonyl (C=O) groups is 1. The second kappa shape index (κ2) is 13.6. The summed E-state index contributed by atoms with van der Waals surface area (Å²) in [5.74, 6) is 1.62. The second-order valence-corrected chi connectivity index (χ2v) is 12.8. The average Bonchev–Trinajstić information content (AvgIpc) is 3.52. The molecule has 0 bridgehead atoms. The first-order chi connectivity index (χ1) is 22.3. The highest BCUT2D eigenvalue weighted by Gasteiger charge is 2.36. The number of hydrogen-bond donors (Lipinski definition) is 2. The van der Waals surface area contributed by atoms with E-state index in [4.69, 9.17) is 9.72 Å². The first kappa shape index (κ1) is 31.8. The van der Waals surface area contributed by atoms with Crippen molar-refractivity contribution in [3.05, 3.63) is 47.7 Å². The smallest absolute Gasteiger partial charge is 0.251 e. The highest BCUT2D eigenvalue weighted by molar-refractivity contribution is 5.95. The van der Waals surface area contributed by atoms with Crippen LogP contribution in [0, 0.1) is 11.3 Å². The van der Waals surface area contributed by atoms with Gasteiger partial charge in [-0.2, -0.15) is 10.2 Å². The van der Waals surface area contributed by atoms with Crippen molar-refractivity contribution in [3.8, 4) is 17.5 Å². The molecule has 1 amide bonds. The Labute approximate surface area is 271 Å². The van der Waals surface area contributed by atoms with Gasteiger partial charge in [0.15, 0.2) is 11.5 Å². The largest absolute Gasteiger partial charge is 0.495 e. The lowest BCUT2D eigenvalue weighted by Gasteiger charge is -2.41. The number of methoxy groups -OCH3 is 1. The van der Waals surface area contributed by atoms with E-state index in [1.165, 1.54) is 25.9 Å². The molecule has 2 aromatic heterocycles. The van der Waals surface area contributed by atoms with Gasteiger partial charge >= 0.3 is 0 Å². The summed E-state index contributed by atoms with van der Waals surface area (Å²) in [6.45, 7) is 14.2. The zero-order valence-electron chi connectivity index (χ0n) is 27.7. The molecule has 5 heterocycles. The summed E-state index contributed by atoms with van der Waals surface area (Å²) in [6, 6.07) is 8.57. The van der Waals surface area contributed by atoms with Gasteiger partial charge in [0, 0.05) is 36.8 Å². The molecule has 2 N–H and O–H groups in total. The molecule has 2 fully saturated rings. The van der Waals surface area contributed by atoms with Crippen molar-refractivity contribution in [1.29, 1.82) is 5.26 Å². The molecule has 244 valence electrons. The van der Waals surface area contributed by atoms with E-state index >= 15 is 0 Å². The second-order valence-electron chi connectivity index (χ2n) is 12.8. The van der Waals surface area contributed by atoms with E-state index in [-0.39, 0.29) is 24.0 Å². The molecule has 0 radical (unpaired) electrons. The van der Waals surface area contributed by atoms with Gasteiger partial charge in [0.05, 0.1) is 30.7 Å². The predicted octanol–water partition coefficient (Wildman–Crippen LogP) is 4.64.